The Bertz CT molecular complexity index is 784. The molecule has 0 aliphatic carbocycles. The molecule has 1 saturated heterocycles. The minimum Gasteiger partial charge on any atom is -0.383 e. The van der Waals surface area contributed by atoms with Gasteiger partial charge in [0.05, 0.1) is 6.61 Å². The fraction of sp³-hybridized carbons (Fsp3) is 0.458. The molecular weight excluding hydrogens is 362 g/mol. The first-order valence-electron chi connectivity index (χ1n) is 10.4. The number of amides is 1. The maximum atomic E-state index is 13.2. The maximum Gasteiger partial charge on any atom is 0.254 e. The summed E-state index contributed by atoms with van der Waals surface area (Å²) in [6.45, 7) is 8.31. The van der Waals surface area contributed by atoms with Crippen LogP contribution >= 0.6 is 0 Å². The third-order valence-corrected chi connectivity index (χ3v) is 5.74. The molecule has 0 saturated carbocycles. The van der Waals surface area contributed by atoms with Crippen molar-refractivity contribution in [2.75, 3.05) is 45.3 Å². The predicted molar refractivity (Wildman–Crippen MR) is 118 cm³/mol. The molecule has 156 valence electrons. The van der Waals surface area contributed by atoms with Gasteiger partial charge in [-0.25, -0.2) is 0 Å². The second-order valence-electron chi connectivity index (χ2n) is 8.03. The van der Waals surface area contributed by atoms with E-state index in [1.165, 1.54) is 5.56 Å². The molecule has 0 radical (unpaired) electrons. The lowest BCUT2D eigenvalue weighted by Crippen LogP contribution is -2.58. The van der Waals surface area contributed by atoms with Crippen LogP contribution in [-0.2, 0) is 11.3 Å². The Morgan fingerprint density at radius 2 is 1.76 bits per heavy atom. The SMILES string of the molecule is COCCN1C(C)CN(C(=O)c2cccc(N(C)Cc3ccccc3)c2)CC1C. The molecule has 1 fully saturated rings. The molecular formula is C24H33N3O2. The van der Waals surface area contributed by atoms with E-state index in [0.717, 1.165) is 44.0 Å². The highest BCUT2D eigenvalue weighted by Crippen LogP contribution is 2.21. The number of carbonyl (C=O) groups is 1. The van der Waals surface area contributed by atoms with Gasteiger partial charge in [0, 0.05) is 63.7 Å². The van der Waals surface area contributed by atoms with Crippen molar-refractivity contribution >= 4 is 11.6 Å². The highest BCUT2D eigenvalue weighted by molar-refractivity contribution is 5.95. The van der Waals surface area contributed by atoms with Crippen LogP contribution in [0.1, 0.15) is 29.8 Å². The highest BCUT2D eigenvalue weighted by Gasteiger charge is 2.31. The molecule has 2 aromatic carbocycles. The van der Waals surface area contributed by atoms with E-state index in [4.69, 9.17) is 4.74 Å². The second-order valence-corrected chi connectivity index (χ2v) is 8.03. The molecule has 2 atom stereocenters. The van der Waals surface area contributed by atoms with E-state index < -0.39 is 0 Å². The summed E-state index contributed by atoms with van der Waals surface area (Å²) in [7, 11) is 3.80. The highest BCUT2D eigenvalue weighted by atomic mass is 16.5. The molecule has 0 spiro atoms. The number of ether oxygens (including phenoxy) is 1. The van der Waals surface area contributed by atoms with E-state index in [9.17, 15) is 4.79 Å². The van der Waals surface area contributed by atoms with Gasteiger partial charge < -0.3 is 14.5 Å². The Hall–Kier alpha value is -2.37. The number of piperazine rings is 1. The third kappa shape index (κ3) is 5.37. The van der Waals surface area contributed by atoms with Crippen LogP contribution in [0.2, 0.25) is 0 Å². The van der Waals surface area contributed by atoms with Gasteiger partial charge in [-0.2, -0.15) is 0 Å². The minimum absolute atomic E-state index is 0.116. The summed E-state index contributed by atoms with van der Waals surface area (Å²) >= 11 is 0. The van der Waals surface area contributed by atoms with E-state index in [-0.39, 0.29) is 5.91 Å². The Morgan fingerprint density at radius 3 is 2.41 bits per heavy atom. The van der Waals surface area contributed by atoms with Crippen LogP contribution < -0.4 is 4.90 Å². The quantitative estimate of drug-likeness (QED) is 0.719. The van der Waals surface area contributed by atoms with Crippen LogP contribution in [0.5, 0.6) is 0 Å². The van der Waals surface area contributed by atoms with Crippen molar-refractivity contribution < 1.29 is 9.53 Å². The smallest absolute Gasteiger partial charge is 0.254 e. The van der Waals surface area contributed by atoms with Gasteiger partial charge in [0.2, 0.25) is 0 Å². The molecule has 1 aliphatic rings. The predicted octanol–water partition coefficient (Wildman–Crippen LogP) is 3.50. The van der Waals surface area contributed by atoms with Crippen molar-refractivity contribution in [2.24, 2.45) is 0 Å². The molecule has 2 aromatic rings. The molecule has 2 unspecified atom stereocenters. The van der Waals surface area contributed by atoms with Gasteiger partial charge in [-0.15, -0.1) is 0 Å². The first-order chi connectivity index (χ1) is 14.0. The molecule has 1 aliphatic heterocycles. The van der Waals surface area contributed by atoms with Gasteiger partial charge in [-0.05, 0) is 37.6 Å². The van der Waals surface area contributed by atoms with E-state index in [1.54, 1.807) is 7.11 Å². The zero-order chi connectivity index (χ0) is 20.8. The zero-order valence-corrected chi connectivity index (χ0v) is 18.0. The summed E-state index contributed by atoms with van der Waals surface area (Å²) in [5, 5.41) is 0. The Labute approximate surface area is 174 Å². The molecule has 0 aromatic heterocycles. The summed E-state index contributed by atoms with van der Waals surface area (Å²) in [6, 6.07) is 19.0. The fourth-order valence-electron chi connectivity index (χ4n) is 4.17. The largest absolute Gasteiger partial charge is 0.383 e. The number of benzene rings is 2. The fourth-order valence-corrected chi connectivity index (χ4v) is 4.17. The van der Waals surface area contributed by atoms with Gasteiger partial charge in [0.15, 0.2) is 0 Å². The van der Waals surface area contributed by atoms with Gasteiger partial charge in [0.1, 0.15) is 0 Å². The van der Waals surface area contributed by atoms with Crippen molar-refractivity contribution in [3.05, 3.63) is 65.7 Å². The number of hydrogen-bond donors (Lipinski definition) is 0. The minimum atomic E-state index is 0.116. The van der Waals surface area contributed by atoms with Crippen LogP contribution in [0.4, 0.5) is 5.69 Å². The number of anilines is 1. The second kappa shape index (κ2) is 9.90. The first-order valence-corrected chi connectivity index (χ1v) is 10.4. The van der Waals surface area contributed by atoms with Crippen LogP contribution in [0.25, 0.3) is 0 Å². The van der Waals surface area contributed by atoms with Crippen LogP contribution in [-0.4, -0.2) is 68.2 Å². The third-order valence-electron chi connectivity index (χ3n) is 5.74. The van der Waals surface area contributed by atoms with E-state index in [2.05, 4.69) is 61.0 Å². The number of methoxy groups -OCH3 is 1. The average Bonchev–Trinajstić information content (AvgIpc) is 2.73. The lowest BCUT2D eigenvalue weighted by molar-refractivity contribution is 0.0193. The van der Waals surface area contributed by atoms with Gasteiger partial charge in [0.25, 0.3) is 5.91 Å². The molecule has 0 bridgehead atoms. The Kier molecular flexibility index (Phi) is 7.29. The van der Waals surface area contributed by atoms with E-state index in [0.29, 0.717) is 12.1 Å². The molecule has 5 heteroatoms. The lowest BCUT2D eigenvalue weighted by Gasteiger charge is -2.44. The zero-order valence-electron chi connectivity index (χ0n) is 18.0. The summed E-state index contributed by atoms with van der Waals surface area (Å²) in [5.41, 5.74) is 3.06. The number of carbonyl (C=O) groups excluding carboxylic acids is 1. The first kappa shape index (κ1) is 21.3. The van der Waals surface area contributed by atoms with Crippen molar-refractivity contribution in [2.45, 2.75) is 32.5 Å². The average molecular weight is 396 g/mol. The molecule has 5 nitrogen and oxygen atoms in total. The van der Waals surface area contributed by atoms with Crippen LogP contribution in [0.3, 0.4) is 0 Å². The van der Waals surface area contributed by atoms with Crippen molar-refractivity contribution in [3.8, 4) is 0 Å². The molecule has 0 N–H and O–H groups in total. The van der Waals surface area contributed by atoms with E-state index in [1.807, 2.05) is 29.2 Å². The number of rotatable bonds is 7. The standard InChI is InChI=1S/C24H33N3O2/c1-19-16-26(17-20(2)27(19)13-14-29-4)24(28)22-11-8-12-23(15-22)25(3)18-21-9-6-5-7-10-21/h5-12,15,19-20H,13-14,16-18H2,1-4H3. The van der Waals surface area contributed by atoms with Crippen LogP contribution in [0.15, 0.2) is 54.6 Å². The Balaban J connectivity index is 1.68. The molecule has 1 heterocycles. The molecule has 3 rings (SSSR count). The molecule has 29 heavy (non-hydrogen) atoms. The van der Waals surface area contributed by atoms with Crippen molar-refractivity contribution in [1.29, 1.82) is 0 Å². The lowest BCUT2D eigenvalue weighted by atomic mass is 10.1. The van der Waals surface area contributed by atoms with Gasteiger partial charge in [-0.3, -0.25) is 9.69 Å². The van der Waals surface area contributed by atoms with Crippen LogP contribution in [0, 0.1) is 0 Å². The summed E-state index contributed by atoms with van der Waals surface area (Å²) in [4.78, 5) is 19.8. The maximum absolute atomic E-state index is 13.2. The number of nitrogens with zero attached hydrogens (tertiary/aromatic N) is 3. The summed E-state index contributed by atoms with van der Waals surface area (Å²) in [5.74, 6) is 0.116. The summed E-state index contributed by atoms with van der Waals surface area (Å²) in [6.07, 6.45) is 0. The summed E-state index contributed by atoms with van der Waals surface area (Å²) < 4.78 is 5.24. The van der Waals surface area contributed by atoms with Gasteiger partial charge >= 0.3 is 0 Å². The van der Waals surface area contributed by atoms with Gasteiger partial charge in [-0.1, -0.05) is 36.4 Å². The topological polar surface area (TPSA) is 36.0 Å². The Morgan fingerprint density at radius 1 is 1.07 bits per heavy atom. The molecule has 1 amide bonds. The van der Waals surface area contributed by atoms with Crippen molar-refractivity contribution in [1.82, 2.24) is 9.80 Å². The monoisotopic (exact) mass is 395 g/mol. The number of hydrogen-bond acceptors (Lipinski definition) is 4. The van der Waals surface area contributed by atoms with Crippen molar-refractivity contribution in [3.63, 3.8) is 0 Å². The normalized spacial score (nSPS) is 19.9. The van der Waals surface area contributed by atoms with E-state index >= 15 is 0 Å².